The van der Waals surface area contributed by atoms with E-state index >= 15 is 0 Å². The van der Waals surface area contributed by atoms with Crippen LogP contribution in [0.4, 0.5) is 0 Å². The van der Waals surface area contributed by atoms with E-state index in [-0.39, 0.29) is 25.7 Å². The average molecular weight is 1580 g/mol. The fourth-order valence-corrected chi connectivity index (χ4v) is 15.4. The smallest absolute Gasteiger partial charge is 0.462 e. The van der Waals surface area contributed by atoms with Crippen LogP contribution in [0.1, 0.15) is 466 Å². The van der Waals surface area contributed by atoms with Crippen molar-refractivity contribution >= 4 is 39.5 Å². The van der Waals surface area contributed by atoms with Crippen molar-refractivity contribution in [3.05, 3.63) is 0 Å². The highest BCUT2D eigenvalue weighted by Crippen LogP contribution is 2.45. The summed E-state index contributed by atoms with van der Waals surface area (Å²) in [5, 5.41) is 10.7. The van der Waals surface area contributed by atoms with Crippen LogP contribution in [0.25, 0.3) is 0 Å². The minimum atomic E-state index is -4.97. The molecule has 0 bridgehead atoms. The summed E-state index contributed by atoms with van der Waals surface area (Å²) < 4.78 is 68.9. The van der Waals surface area contributed by atoms with Crippen molar-refractivity contribution in [3.63, 3.8) is 0 Å². The van der Waals surface area contributed by atoms with Gasteiger partial charge in [0.1, 0.15) is 19.3 Å². The monoisotopic (exact) mass is 1580 g/mol. The lowest BCUT2D eigenvalue weighted by Gasteiger charge is -2.21. The van der Waals surface area contributed by atoms with E-state index in [2.05, 4.69) is 55.4 Å². The van der Waals surface area contributed by atoms with Gasteiger partial charge in [0.25, 0.3) is 0 Å². The summed E-state index contributed by atoms with van der Waals surface area (Å²) in [5.74, 6) is 1.06. The van der Waals surface area contributed by atoms with Crippen molar-refractivity contribution in [1.82, 2.24) is 0 Å². The van der Waals surface area contributed by atoms with E-state index in [1.165, 1.54) is 263 Å². The van der Waals surface area contributed by atoms with Crippen molar-refractivity contribution in [2.24, 2.45) is 23.7 Å². The van der Waals surface area contributed by atoms with E-state index < -0.39 is 97.5 Å². The number of unbranched alkanes of at least 4 members (excludes halogenated alkanes) is 51. The molecule has 0 amide bonds. The van der Waals surface area contributed by atoms with Crippen LogP contribution in [0.15, 0.2) is 0 Å². The zero-order chi connectivity index (χ0) is 79.5. The molecule has 0 aliphatic carbocycles. The molecule has 0 fully saturated rings. The Balaban J connectivity index is 5.19. The summed E-state index contributed by atoms with van der Waals surface area (Å²) >= 11 is 0. The molecule has 0 aromatic rings. The van der Waals surface area contributed by atoms with Gasteiger partial charge in [-0.05, 0) is 49.4 Å². The molecular formula is C89H174O17P2. The minimum absolute atomic E-state index is 0.107. The number of carbonyl (C=O) groups excluding carboxylic acids is 4. The molecular weight excluding hydrogens is 1400 g/mol. The molecule has 0 heterocycles. The second-order valence-corrected chi connectivity index (χ2v) is 36.6. The lowest BCUT2D eigenvalue weighted by Crippen LogP contribution is -2.30. The number of aliphatic hydroxyl groups excluding tert-OH is 1. The summed E-state index contributed by atoms with van der Waals surface area (Å²) in [6.07, 6.45) is 68.3. The van der Waals surface area contributed by atoms with E-state index in [0.717, 1.165) is 114 Å². The Morgan fingerprint density at radius 3 is 0.657 bits per heavy atom. The van der Waals surface area contributed by atoms with Crippen molar-refractivity contribution in [2.75, 3.05) is 39.6 Å². The van der Waals surface area contributed by atoms with Crippen molar-refractivity contribution in [3.8, 4) is 0 Å². The van der Waals surface area contributed by atoms with Crippen LogP contribution in [0, 0.1) is 23.7 Å². The Hall–Kier alpha value is -1.94. The molecule has 0 aliphatic heterocycles. The lowest BCUT2D eigenvalue weighted by atomic mass is 9.99. The van der Waals surface area contributed by atoms with Crippen LogP contribution in [0.5, 0.6) is 0 Å². The summed E-state index contributed by atoms with van der Waals surface area (Å²) in [7, 11) is -9.93. The number of ether oxygens (including phenoxy) is 4. The second-order valence-electron chi connectivity index (χ2n) is 33.7. The molecule has 0 rings (SSSR count). The van der Waals surface area contributed by atoms with Crippen LogP contribution < -0.4 is 0 Å². The fourth-order valence-electron chi connectivity index (χ4n) is 13.8. The predicted molar refractivity (Wildman–Crippen MR) is 446 cm³/mol. The summed E-state index contributed by atoms with van der Waals surface area (Å²) in [4.78, 5) is 73.3. The van der Waals surface area contributed by atoms with Gasteiger partial charge in [-0.15, -0.1) is 0 Å². The number of rotatable bonds is 86. The molecule has 4 unspecified atom stereocenters. The molecule has 3 N–H and O–H groups in total. The topological polar surface area (TPSA) is 237 Å². The molecule has 108 heavy (non-hydrogen) atoms. The zero-order valence-electron chi connectivity index (χ0n) is 71.5. The van der Waals surface area contributed by atoms with E-state index in [9.17, 15) is 43.2 Å². The van der Waals surface area contributed by atoms with Crippen LogP contribution in [0.2, 0.25) is 0 Å². The van der Waals surface area contributed by atoms with Crippen LogP contribution in [0.3, 0.4) is 0 Å². The Kier molecular flexibility index (Phi) is 76.2. The van der Waals surface area contributed by atoms with Gasteiger partial charge >= 0.3 is 39.5 Å². The molecule has 0 radical (unpaired) electrons. The van der Waals surface area contributed by atoms with Gasteiger partial charge < -0.3 is 33.8 Å². The highest BCUT2D eigenvalue weighted by atomic mass is 31.2. The summed E-state index contributed by atoms with van der Waals surface area (Å²) in [6.45, 7) is 14.3. The standard InChI is InChI=1S/C89H174O17P2/c1-9-82(8)68-60-52-43-37-31-25-19-12-10-11-13-20-26-32-38-44-53-61-69-86(91)99-75-84(105-88(93)71-64-56-46-40-34-28-22-16-18-24-30-36-42-50-58-66-80(4)5)77-103-107(95,96)101-73-83(90)74-102-108(97,98)104-78-85(76-100-87(92)70-62-54-48-47-51-59-67-81(6)7)106-89(94)72-63-55-45-39-33-27-21-15-14-17-23-29-35-41-49-57-65-79(2)3/h79-85,90H,9-78H2,1-8H3,(H,95,96)(H,97,98)/t82?,83?,84-,85-/m1/s1. The van der Waals surface area contributed by atoms with E-state index in [1.807, 2.05) is 0 Å². The Morgan fingerprint density at radius 1 is 0.259 bits per heavy atom. The summed E-state index contributed by atoms with van der Waals surface area (Å²) in [6, 6.07) is 0. The van der Waals surface area contributed by atoms with Gasteiger partial charge in [0, 0.05) is 25.7 Å². The van der Waals surface area contributed by atoms with E-state index in [4.69, 9.17) is 37.0 Å². The fraction of sp³-hybridized carbons (Fsp3) is 0.955. The maximum atomic E-state index is 13.2. The molecule has 19 heteroatoms. The number of carbonyl (C=O) groups is 4. The third-order valence-corrected chi connectivity index (χ3v) is 23.1. The molecule has 6 atom stereocenters. The Bertz CT molecular complexity index is 2100. The number of esters is 4. The van der Waals surface area contributed by atoms with E-state index in [0.29, 0.717) is 31.6 Å². The summed E-state index contributed by atoms with van der Waals surface area (Å²) in [5.41, 5.74) is 0. The molecule has 642 valence electrons. The van der Waals surface area contributed by atoms with Gasteiger partial charge in [0.2, 0.25) is 0 Å². The van der Waals surface area contributed by atoms with Gasteiger partial charge in [-0.25, -0.2) is 9.13 Å². The number of aliphatic hydroxyl groups is 1. The van der Waals surface area contributed by atoms with Crippen molar-refractivity contribution in [2.45, 2.75) is 485 Å². The molecule has 17 nitrogen and oxygen atoms in total. The van der Waals surface area contributed by atoms with Gasteiger partial charge in [-0.2, -0.15) is 0 Å². The van der Waals surface area contributed by atoms with Gasteiger partial charge in [-0.1, -0.05) is 415 Å². The van der Waals surface area contributed by atoms with Crippen LogP contribution in [-0.4, -0.2) is 96.7 Å². The second kappa shape index (κ2) is 77.6. The molecule has 0 aromatic carbocycles. The number of phosphoric acid groups is 2. The first-order valence-electron chi connectivity index (χ1n) is 45.7. The first kappa shape index (κ1) is 106. The molecule has 0 saturated carbocycles. The average Bonchev–Trinajstić information content (AvgIpc) is 0.902. The number of phosphoric ester groups is 2. The number of hydrogen-bond donors (Lipinski definition) is 3. The van der Waals surface area contributed by atoms with Crippen LogP contribution in [-0.2, 0) is 65.4 Å². The largest absolute Gasteiger partial charge is 0.472 e. The van der Waals surface area contributed by atoms with Crippen molar-refractivity contribution < 1.29 is 80.2 Å². The highest BCUT2D eigenvalue weighted by Gasteiger charge is 2.31. The minimum Gasteiger partial charge on any atom is -0.462 e. The van der Waals surface area contributed by atoms with Crippen molar-refractivity contribution in [1.29, 1.82) is 0 Å². The third kappa shape index (κ3) is 80.7. The Morgan fingerprint density at radius 2 is 0.444 bits per heavy atom. The quantitative estimate of drug-likeness (QED) is 0.0222. The third-order valence-electron chi connectivity index (χ3n) is 21.2. The Labute approximate surface area is 664 Å². The van der Waals surface area contributed by atoms with E-state index in [1.54, 1.807) is 0 Å². The van der Waals surface area contributed by atoms with Gasteiger partial charge in [-0.3, -0.25) is 37.3 Å². The van der Waals surface area contributed by atoms with Gasteiger partial charge in [0.15, 0.2) is 12.2 Å². The SMILES string of the molecule is CCC(C)CCCCCCCCCCCCCCCCCCCCC(=O)OC[C@H](COP(=O)(O)OCC(O)COP(=O)(O)OC[C@@H](COC(=O)CCCCCCCCC(C)C)OC(=O)CCCCCCCCCCCCCCCCCCC(C)C)OC(=O)CCCCCCCCCCCCCCCCCC(C)C. The van der Waals surface area contributed by atoms with Crippen LogP contribution >= 0.6 is 15.6 Å². The maximum Gasteiger partial charge on any atom is 0.472 e. The van der Waals surface area contributed by atoms with Gasteiger partial charge in [0.05, 0.1) is 26.4 Å². The molecule has 0 aliphatic rings. The number of hydrogen-bond acceptors (Lipinski definition) is 15. The molecule has 0 aromatic heterocycles. The predicted octanol–water partition coefficient (Wildman–Crippen LogP) is 27.1. The first-order valence-corrected chi connectivity index (χ1v) is 48.7. The maximum absolute atomic E-state index is 13.2. The zero-order valence-corrected chi connectivity index (χ0v) is 73.3. The highest BCUT2D eigenvalue weighted by molar-refractivity contribution is 7.47. The first-order chi connectivity index (χ1) is 52.1. The normalized spacial score (nSPS) is 14.1. The molecule has 0 spiro atoms. The molecule has 0 saturated heterocycles. The lowest BCUT2D eigenvalue weighted by molar-refractivity contribution is -0.161.